The number of hydrogen-bond acceptors (Lipinski definition) is 7. The quantitative estimate of drug-likeness (QED) is 0.155. The van der Waals surface area contributed by atoms with E-state index in [9.17, 15) is 17.6 Å². The van der Waals surface area contributed by atoms with Crippen molar-refractivity contribution >= 4 is 24.0 Å². The lowest BCUT2D eigenvalue weighted by atomic mass is 10.1. The van der Waals surface area contributed by atoms with Crippen LogP contribution in [-0.2, 0) is 6.18 Å². The maximum Gasteiger partial charge on any atom is 0.416 e. The number of nitrogens with two attached hydrogens (primary N) is 1. The molecule has 2 aromatic carbocycles. The third-order valence-electron chi connectivity index (χ3n) is 4.08. The number of benzene rings is 2. The number of hydrogen-bond donors (Lipinski definition) is 1. The summed E-state index contributed by atoms with van der Waals surface area (Å²) < 4.78 is 57.2. The van der Waals surface area contributed by atoms with Crippen molar-refractivity contribution in [1.82, 2.24) is 20.2 Å². The smallest absolute Gasteiger partial charge is 0.411 e. The first kappa shape index (κ1) is 24.8. The Labute approximate surface area is 196 Å². The van der Waals surface area contributed by atoms with Gasteiger partial charge in [-0.25, -0.2) is 19.4 Å². The summed E-state index contributed by atoms with van der Waals surface area (Å²) in [5.74, 6) is -0.206. The fourth-order valence-corrected chi connectivity index (χ4v) is 3.30. The van der Waals surface area contributed by atoms with Crippen LogP contribution in [0.25, 0.3) is 22.7 Å². The lowest BCUT2D eigenvalue weighted by Crippen LogP contribution is -2.04. The number of nitrogens with zero attached hydrogens (tertiary/aromatic N) is 5. The number of halogens is 4. The average molecular weight is 490 g/mol. The van der Waals surface area contributed by atoms with Gasteiger partial charge in [0.25, 0.3) is 11.2 Å². The number of rotatable bonds is 5. The molecule has 0 aliphatic carbocycles. The third kappa shape index (κ3) is 6.16. The highest BCUT2D eigenvalue weighted by Gasteiger charge is 2.30. The molecule has 0 bridgehead atoms. The second-order valence-corrected chi connectivity index (χ2v) is 7.20. The van der Waals surface area contributed by atoms with Crippen LogP contribution in [0.5, 0.6) is 0 Å². The number of aliphatic imine (C=N–C) groups is 1. The Morgan fingerprint density at radius 2 is 1.59 bits per heavy atom. The molecule has 2 N–H and O–H groups in total. The van der Waals surface area contributed by atoms with Gasteiger partial charge in [-0.05, 0) is 54.2 Å². The van der Waals surface area contributed by atoms with Crippen LogP contribution >= 0.6 is 11.8 Å². The molecule has 2 heterocycles. The Morgan fingerprint density at radius 3 is 2.21 bits per heavy atom. The molecule has 0 saturated carbocycles. The van der Waals surface area contributed by atoms with Crippen LogP contribution in [0.2, 0.25) is 0 Å². The van der Waals surface area contributed by atoms with Crippen LogP contribution in [0.3, 0.4) is 0 Å². The minimum Gasteiger partial charge on any atom is -0.411 e. The van der Waals surface area contributed by atoms with Gasteiger partial charge in [0.15, 0.2) is 0 Å². The zero-order chi connectivity index (χ0) is 24.7. The summed E-state index contributed by atoms with van der Waals surface area (Å²) in [6.07, 6.45) is -3.44. The Hall–Kier alpha value is -3.80. The largest absolute Gasteiger partial charge is 0.416 e. The standard InChI is InChI=1S/C20H12F4N6OS.C2H6/c21-14-7-3-12(4-8-14)17-29-30-19(31-17)32-16-9-15(27-18(28-16)26-10-25)11-1-5-13(6-2-11)20(22,23)24;1-2/h1-10H,(H2,25,26,27,28);1-2H3. The summed E-state index contributed by atoms with van der Waals surface area (Å²) in [5, 5.41) is 8.35. The van der Waals surface area contributed by atoms with Gasteiger partial charge < -0.3 is 10.2 Å². The van der Waals surface area contributed by atoms with Crippen molar-refractivity contribution < 1.29 is 22.0 Å². The predicted molar refractivity (Wildman–Crippen MR) is 120 cm³/mol. The SMILES string of the molecule is CC.N/C=N\c1nc(Sc2nnc(-c3ccc(F)cc3)o2)cc(-c2ccc(C(F)(F)F)cc2)n1. The van der Waals surface area contributed by atoms with Crippen LogP contribution < -0.4 is 5.73 Å². The summed E-state index contributed by atoms with van der Waals surface area (Å²) >= 11 is 1.00. The first-order valence-corrected chi connectivity index (χ1v) is 10.7. The molecule has 4 aromatic rings. The van der Waals surface area contributed by atoms with Crippen molar-refractivity contribution in [3.05, 3.63) is 66.0 Å². The average Bonchev–Trinajstić information content (AvgIpc) is 3.29. The highest BCUT2D eigenvalue weighted by molar-refractivity contribution is 7.99. The van der Waals surface area contributed by atoms with E-state index in [1.165, 1.54) is 36.4 Å². The first-order valence-electron chi connectivity index (χ1n) is 9.90. The van der Waals surface area contributed by atoms with E-state index >= 15 is 0 Å². The van der Waals surface area contributed by atoms with Gasteiger partial charge >= 0.3 is 6.18 Å². The van der Waals surface area contributed by atoms with E-state index in [4.69, 9.17) is 10.2 Å². The topological polar surface area (TPSA) is 103 Å². The van der Waals surface area contributed by atoms with Crippen LogP contribution in [0.4, 0.5) is 23.5 Å². The Kier molecular flexibility index (Phi) is 7.95. The lowest BCUT2D eigenvalue weighted by Gasteiger charge is -2.08. The van der Waals surface area contributed by atoms with Gasteiger partial charge in [-0.1, -0.05) is 26.0 Å². The summed E-state index contributed by atoms with van der Waals surface area (Å²) in [6.45, 7) is 4.00. The predicted octanol–water partition coefficient (Wildman–Crippen LogP) is 6.15. The van der Waals surface area contributed by atoms with Crippen molar-refractivity contribution in [3.63, 3.8) is 0 Å². The fourth-order valence-electron chi connectivity index (χ4n) is 2.62. The number of alkyl halides is 3. The Bertz CT molecular complexity index is 1260. The molecule has 0 radical (unpaired) electrons. The highest BCUT2D eigenvalue weighted by Crippen LogP contribution is 2.33. The molecule has 0 aliphatic heterocycles. The van der Waals surface area contributed by atoms with E-state index in [2.05, 4.69) is 25.2 Å². The number of aromatic nitrogens is 4. The van der Waals surface area contributed by atoms with E-state index in [1.54, 1.807) is 6.07 Å². The molecule has 0 fully saturated rings. The molecule has 0 spiro atoms. The lowest BCUT2D eigenvalue weighted by molar-refractivity contribution is -0.137. The normalized spacial score (nSPS) is 11.4. The monoisotopic (exact) mass is 490 g/mol. The molecule has 0 atom stereocenters. The second-order valence-electron chi connectivity index (χ2n) is 6.23. The van der Waals surface area contributed by atoms with E-state index < -0.39 is 17.6 Å². The van der Waals surface area contributed by atoms with Crippen LogP contribution in [-0.4, -0.2) is 26.5 Å². The van der Waals surface area contributed by atoms with Gasteiger partial charge in [-0.3, -0.25) is 0 Å². The molecule has 2 aromatic heterocycles. The van der Waals surface area contributed by atoms with E-state index in [0.717, 1.165) is 30.2 Å². The minimum absolute atomic E-state index is 0.00525. The maximum absolute atomic E-state index is 13.1. The van der Waals surface area contributed by atoms with E-state index in [1.807, 2.05) is 13.8 Å². The molecule has 0 aliphatic rings. The summed E-state index contributed by atoms with van der Waals surface area (Å²) in [7, 11) is 0. The summed E-state index contributed by atoms with van der Waals surface area (Å²) in [4.78, 5) is 12.3. The molecule has 0 saturated heterocycles. The maximum atomic E-state index is 13.1. The molecule has 4 rings (SSSR count). The van der Waals surface area contributed by atoms with Crippen LogP contribution in [0.1, 0.15) is 19.4 Å². The third-order valence-corrected chi connectivity index (χ3v) is 4.84. The minimum atomic E-state index is -4.44. The highest BCUT2D eigenvalue weighted by atomic mass is 32.2. The van der Waals surface area contributed by atoms with E-state index in [-0.39, 0.29) is 17.1 Å². The molecule has 0 amide bonds. The van der Waals surface area contributed by atoms with Crippen molar-refractivity contribution in [2.45, 2.75) is 30.3 Å². The van der Waals surface area contributed by atoms with Crippen LogP contribution in [0, 0.1) is 5.82 Å². The molecule has 0 unspecified atom stereocenters. The zero-order valence-corrected chi connectivity index (χ0v) is 18.7. The van der Waals surface area contributed by atoms with Crippen molar-refractivity contribution in [2.24, 2.45) is 10.7 Å². The van der Waals surface area contributed by atoms with Gasteiger partial charge in [0.2, 0.25) is 5.89 Å². The van der Waals surface area contributed by atoms with Crippen molar-refractivity contribution in [2.75, 3.05) is 0 Å². The molecular formula is C22H18F4N6OS. The fraction of sp³-hybridized carbons (Fsp3) is 0.136. The van der Waals surface area contributed by atoms with Crippen molar-refractivity contribution in [3.8, 4) is 22.7 Å². The summed E-state index contributed by atoms with van der Waals surface area (Å²) in [6, 6.07) is 11.6. The molecule has 12 heteroatoms. The van der Waals surface area contributed by atoms with Gasteiger partial charge in [0.1, 0.15) is 10.8 Å². The van der Waals surface area contributed by atoms with Crippen molar-refractivity contribution in [1.29, 1.82) is 0 Å². The Balaban J connectivity index is 0.00000158. The second kappa shape index (κ2) is 10.9. The van der Waals surface area contributed by atoms with Gasteiger partial charge in [0, 0.05) is 11.1 Å². The van der Waals surface area contributed by atoms with Crippen LogP contribution in [0.15, 0.2) is 74.3 Å². The van der Waals surface area contributed by atoms with Gasteiger partial charge in [-0.2, -0.15) is 13.2 Å². The van der Waals surface area contributed by atoms with Gasteiger partial charge in [0.05, 0.1) is 17.6 Å². The molecule has 34 heavy (non-hydrogen) atoms. The molecular weight excluding hydrogens is 472 g/mol. The first-order chi connectivity index (χ1) is 16.3. The van der Waals surface area contributed by atoms with Gasteiger partial charge in [-0.15, -0.1) is 10.2 Å². The molecule has 7 nitrogen and oxygen atoms in total. The molecule has 176 valence electrons. The Morgan fingerprint density at radius 1 is 0.941 bits per heavy atom. The summed E-state index contributed by atoms with van der Waals surface area (Å²) in [5.41, 5.74) is 5.84. The van der Waals surface area contributed by atoms with E-state index in [0.29, 0.717) is 21.8 Å². The zero-order valence-electron chi connectivity index (χ0n) is 17.9.